The first kappa shape index (κ1) is 12.9. The van der Waals surface area contributed by atoms with Gasteiger partial charge in [0.15, 0.2) is 0 Å². The summed E-state index contributed by atoms with van der Waals surface area (Å²) in [5, 5.41) is 12.3. The van der Waals surface area contributed by atoms with Crippen LogP contribution in [0.15, 0.2) is 24.3 Å². The summed E-state index contributed by atoms with van der Waals surface area (Å²) in [5.74, 6) is 0.888. The Labute approximate surface area is 109 Å². The summed E-state index contributed by atoms with van der Waals surface area (Å²) >= 11 is 0. The van der Waals surface area contributed by atoms with E-state index in [-0.39, 0.29) is 11.5 Å². The van der Waals surface area contributed by atoms with E-state index in [0.717, 1.165) is 12.3 Å². The molecule has 3 nitrogen and oxygen atoms in total. The van der Waals surface area contributed by atoms with Gasteiger partial charge in [-0.1, -0.05) is 12.1 Å². The molecule has 3 heteroatoms. The van der Waals surface area contributed by atoms with Crippen LogP contribution in [-0.2, 0) is 0 Å². The van der Waals surface area contributed by atoms with Gasteiger partial charge < -0.3 is 10.1 Å². The van der Waals surface area contributed by atoms with Crippen LogP contribution in [0.1, 0.15) is 37.8 Å². The Bertz CT molecular complexity index is 446. The normalized spacial score (nSPS) is 17.8. The van der Waals surface area contributed by atoms with Crippen molar-refractivity contribution >= 4 is 0 Å². The number of methoxy groups -OCH3 is 1. The van der Waals surface area contributed by atoms with Crippen molar-refractivity contribution in [1.29, 1.82) is 5.26 Å². The van der Waals surface area contributed by atoms with Gasteiger partial charge in [-0.3, -0.25) is 0 Å². The molecule has 1 saturated carbocycles. The van der Waals surface area contributed by atoms with Crippen molar-refractivity contribution in [3.8, 4) is 11.8 Å². The van der Waals surface area contributed by atoms with E-state index in [4.69, 9.17) is 10.00 Å². The molecule has 0 bridgehead atoms. The van der Waals surface area contributed by atoms with Crippen LogP contribution < -0.4 is 10.1 Å². The highest BCUT2D eigenvalue weighted by Crippen LogP contribution is 2.48. The summed E-state index contributed by atoms with van der Waals surface area (Å²) in [5.41, 5.74) is 1.48. The molecule has 1 atom stereocenters. The van der Waals surface area contributed by atoms with Gasteiger partial charge >= 0.3 is 0 Å². The van der Waals surface area contributed by atoms with E-state index in [1.807, 2.05) is 12.1 Å². The van der Waals surface area contributed by atoms with E-state index in [9.17, 15) is 0 Å². The standard InChI is InChI=1S/C15H20N2O/c1-12(13-4-3-5-14(10-13)18-2)17-11-15(6-7-15)8-9-16/h3-5,10,12,17H,6-8,11H2,1-2H3/t12-/m0/s1. The van der Waals surface area contributed by atoms with Crippen LogP contribution in [0.5, 0.6) is 5.75 Å². The van der Waals surface area contributed by atoms with E-state index in [0.29, 0.717) is 6.42 Å². The minimum atomic E-state index is 0.252. The SMILES string of the molecule is COc1cccc([C@H](C)NCC2(CC#N)CC2)c1. The number of hydrogen-bond donors (Lipinski definition) is 1. The quantitative estimate of drug-likeness (QED) is 0.836. The average molecular weight is 244 g/mol. The predicted molar refractivity (Wildman–Crippen MR) is 71.3 cm³/mol. The van der Waals surface area contributed by atoms with E-state index >= 15 is 0 Å². The molecule has 96 valence electrons. The molecule has 0 spiro atoms. The lowest BCUT2D eigenvalue weighted by Gasteiger charge is -2.19. The average Bonchev–Trinajstić information content (AvgIpc) is 3.17. The summed E-state index contributed by atoms with van der Waals surface area (Å²) in [4.78, 5) is 0. The highest BCUT2D eigenvalue weighted by molar-refractivity contribution is 5.30. The van der Waals surface area contributed by atoms with E-state index in [1.165, 1.54) is 18.4 Å². The smallest absolute Gasteiger partial charge is 0.119 e. The Morgan fingerprint density at radius 1 is 1.50 bits per heavy atom. The first-order chi connectivity index (χ1) is 8.69. The fraction of sp³-hybridized carbons (Fsp3) is 0.533. The van der Waals surface area contributed by atoms with Crippen LogP contribution in [0.3, 0.4) is 0 Å². The topological polar surface area (TPSA) is 45.0 Å². The molecule has 0 saturated heterocycles. The molecule has 0 radical (unpaired) electrons. The largest absolute Gasteiger partial charge is 0.497 e. The molecule has 0 unspecified atom stereocenters. The molecule has 1 fully saturated rings. The maximum absolute atomic E-state index is 8.80. The molecular weight excluding hydrogens is 224 g/mol. The Morgan fingerprint density at radius 2 is 2.28 bits per heavy atom. The van der Waals surface area contributed by atoms with Crippen LogP contribution in [-0.4, -0.2) is 13.7 Å². The maximum Gasteiger partial charge on any atom is 0.119 e. The lowest BCUT2D eigenvalue weighted by Crippen LogP contribution is -2.26. The molecule has 0 aliphatic heterocycles. The third-order valence-corrected chi connectivity index (χ3v) is 3.79. The van der Waals surface area contributed by atoms with Gasteiger partial charge in [-0.05, 0) is 42.9 Å². The first-order valence-corrected chi connectivity index (χ1v) is 6.43. The van der Waals surface area contributed by atoms with Crippen molar-refractivity contribution in [3.05, 3.63) is 29.8 Å². The highest BCUT2D eigenvalue weighted by Gasteiger charge is 2.42. The predicted octanol–water partition coefficient (Wildman–Crippen LogP) is 3.04. The molecule has 2 rings (SSSR count). The molecular formula is C15H20N2O. The zero-order valence-corrected chi connectivity index (χ0v) is 11.1. The zero-order valence-electron chi connectivity index (χ0n) is 11.1. The van der Waals surface area contributed by atoms with Crippen LogP contribution in [0, 0.1) is 16.7 Å². The Balaban J connectivity index is 1.91. The van der Waals surface area contributed by atoms with Gasteiger partial charge in [0.25, 0.3) is 0 Å². The number of rotatable bonds is 6. The second kappa shape index (κ2) is 5.41. The van der Waals surface area contributed by atoms with Crippen molar-refractivity contribution < 1.29 is 4.74 Å². The number of hydrogen-bond acceptors (Lipinski definition) is 3. The van der Waals surface area contributed by atoms with Crippen LogP contribution in [0.25, 0.3) is 0 Å². The summed E-state index contributed by atoms with van der Waals surface area (Å²) in [7, 11) is 1.68. The highest BCUT2D eigenvalue weighted by atomic mass is 16.5. The molecule has 1 aromatic rings. The molecule has 1 aliphatic carbocycles. The van der Waals surface area contributed by atoms with Crippen LogP contribution >= 0.6 is 0 Å². The minimum absolute atomic E-state index is 0.252. The number of nitrogens with one attached hydrogen (secondary N) is 1. The maximum atomic E-state index is 8.80. The molecule has 0 heterocycles. The Morgan fingerprint density at radius 3 is 2.89 bits per heavy atom. The lowest BCUT2D eigenvalue weighted by atomic mass is 10.0. The van der Waals surface area contributed by atoms with E-state index < -0.39 is 0 Å². The monoisotopic (exact) mass is 244 g/mol. The minimum Gasteiger partial charge on any atom is -0.497 e. The fourth-order valence-electron chi connectivity index (χ4n) is 2.16. The number of ether oxygens (including phenoxy) is 1. The second-order valence-corrected chi connectivity index (χ2v) is 5.21. The summed E-state index contributed by atoms with van der Waals surface area (Å²) in [6, 6.07) is 10.7. The van der Waals surface area contributed by atoms with Gasteiger partial charge in [-0.15, -0.1) is 0 Å². The molecule has 18 heavy (non-hydrogen) atoms. The van der Waals surface area contributed by atoms with Gasteiger partial charge in [0.2, 0.25) is 0 Å². The first-order valence-electron chi connectivity index (χ1n) is 6.43. The third-order valence-electron chi connectivity index (χ3n) is 3.79. The molecule has 0 aromatic heterocycles. The van der Waals surface area contributed by atoms with E-state index in [2.05, 4.69) is 30.4 Å². The van der Waals surface area contributed by atoms with Crippen molar-refractivity contribution in [3.63, 3.8) is 0 Å². The van der Waals surface area contributed by atoms with Crippen molar-refractivity contribution in [1.82, 2.24) is 5.32 Å². The number of nitriles is 1. The van der Waals surface area contributed by atoms with E-state index in [1.54, 1.807) is 7.11 Å². The molecule has 1 N–H and O–H groups in total. The molecule has 1 aliphatic rings. The summed E-state index contributed by atoms with van der Waals surface area (Å²) < 4.78 is 5.23. The Kier molecular flexibility index (Phi) is 3.88. The van der Waals surface area contributed by atoms with Gasteiger partial charge in [-0.2, -0.15) is 5.26 Å². The van der Waals surface area contributed by atoms with Gasteiger partial charge in [0.1, 0.15) is 5.75 Å². The van der Waals surface area contributed by atoms with Crippen molar-refractivity contribution in [2.75, 3.05) is 13.7 Å². The number of nitrogens with zero attached hydrogens (tertiary/aromatic N) is 1. The molecule has 0 amide bonds. The van der Waals surface area contributed by atoms with Crippen molar-refractivity contribution in [2.24, 2.45) is 5.41 Å². The van der Waals surface area contributed by atoms with Gasteiger partial charge in [-0.25, -0.2) is 0 Å². The van der Waals surface area contributed by atoms with Crippen molar-refractivity contribution in [2.45, 2.75) is 32.2 Å². The zero-order chi connectivity index (χ0) is 13.0. The third kappa shape index (κ3) is 3.02. The molecule has 1 aromatic carbocycles. The van der Waals surface area contributed by atoms with Crippen LogP contribution in [0.2, 0.25) is 0 Å². The second-order valence-electron chi connectivity index (χ2n) is 5.21. The summed E-state index contributed by atoms with van der Waals surface area (Å²) in [6.07, 6.45) is 3.03. The lowest BCUT2D eigenvalue weighted by molar-refractivity contribution is 0.410. The van der Waals surface area contributed by atoms with Gasteiger partial charge in [0, 0.05) is 19.0 Å². The number of benzene rings is 1. The Hall–Kier alpha value is -1.53. The van der Waals surface area contributed by atoms with Crippen LogP contribution in [0.4, 0.5) is 0 Å². The summed E-state index contributed by atoms with van der Waals surface area (Å²) in [6.45, 7) is 3.08. The van der Waals surface area contributed by atoms with Gasteiger partial charge in [0.05, 0.1) is 13.2 Å². The fourth-order valence-corrected chi connectivity index (χ4v) is 2.16.